The van der Waals surface area contributed by atoms with Crippen molar-refractivity contribution < 1.29 is 39.2 Å². The number of hydrogen-bond acceptors (Lipinski definition) is 6. The molecule has 0 amide bonds. The number of carboxylic acids is 2. The van der Waals surface area contributed by atoms with E-state index in [-0.39, 0.29) is 11.5 Å². The van der Waals surface area contributed by atoms with Gasteiger partial charge in [-0.25, -0.2) is 9.59 Å². The SMILES string of the molecule is O=C(O)C(O)C(O)C(=O)O.[2H]C([2H])([2H])N1CC[C@@]23CCCCC2[C@@H]1Cc1ccc(O)cc13. The van der Waals surface area contributed by atoms with Crippen LogP contribution in [0.1, 0.15) is 47.3 Å². The molecule has 2 bridgehead atoms. The highest BCUT2D eigenvalue weighted by Crippen LogP contribution is 2.55. The lowest BCUT2D eigenvalue weighted by atomic mass is 9.52. The molecule has 1 heterocycles. The molecule has 1 aromatic rings. The summed E-state index contributed by atoms with van der Waals surface area (Å²) in [7, 11) is 0. The number of aliphatic carboxylic acids is 2. The Balaban J connectivity index is 0.000000247. The highest BCUT2D eigenvalue weighted by molar-refractivity contribution is 5.83. The quantitative estimate of drug-likeness (QED) is 0.497. The number of rotatable bonds is 3. The summed E-state index contributed by atoms with van der Waals surface area (Å²) in [6, 6.07) is 5.83. The molecule has 0 spiro atoms. The number of benzene rings is 1. The summed E-state index contributed by atoms with van der Waals surface area (Å²) in [5.41, 5.74) is 2.64. The van der Waals surface area contributed by atoms with Crippen molar-refractivity contribution in [2.24, 2.45) is 5.92 Å². The molecule has 1 saturated heterocycles. The zero-order valence-electron chi connectivity index (χ0n) is 19.0. The molecule has 4 rings (SSSR count). The fraction of sp³-hybridized carbons (Fsp3) is 0.619. The molecular weight excluding hydrogens is 378 g/mol. The smallest absolute Gasteiger partial charge is 0.335 e. The number of piperidine rings is 1. The third kappa shape index (κ3) is 3.97. The first-order valence-corrected chi connectivity index (χ1v) is 9.79. The largest absolute Gasteiger partial charge is 0.508 e. The van der Waals surface area contributed by atoms with Gasteiger partial charge < -0.3 is 30.4 Å². The standard InChI is InChI=1S/C17H23NO.C4H6O6/c1-18-9-8-17-7-3-2-4-14(17)16(18)10-12-5-6-13(19)11-15(12)17;5-1(3(7)8)2(6)4(9)10/h5-6,11,14,16,19H,2-4,7-10H2,1H3;1-2,5-6H,(H,7,8)(H,9,10)/t14?,16-,17-;/m0./s1/i1D3;. The maximum atomic E-state index is 9.95. The topological polar surface area (TPSA) is 139 Å². The highest BCUT2D eigenvalue weighted by atomic mass is 16.4. The minimum atomic E-state index is -2.27. The van der Waals surface area contributed by atoms with E-state index in [0.717, 1.165) is 25.7 Å². The summed E-state index contributed by atoms with van der Waals surface area (Å²) in [5.74, 6) is -2.77. The summed E-state index contributed by atoms with van der Waals surface area (Å²) in [5, 5.41) is 42.5. The lowest BCUT2D eigenvalue weighted by molar-refractivity contribution is -0.165. The van der Waals surface area contributed by atoms with Gasteiger partial charge in [-0.3, -0.25) is 0 Å². The predicted octanol–water partition coefficient (Wildman–Crippen LogP) is 0.958. The van der Waals surface area contributed by atoms with Crippen LogP contribution in [0.15, 0.2) is 18.2 Å². The number of phenols is 1. The van der Waals surface area contributed by atoms with E-state index in [0.29, 0.717) is 18.2 Å². The molecule has 1 saturated carbocycles. The first kappa shape index (κ1) is 17.7. The molecule has 2 aliphatic carbocycles. The maximum absolute atomic E-state index is 9.95. The maximum Gasteiger partial charge on any atom is 0.335 e. The van der Waals surface area contributed by atoms with E-state index in [2.05, 4.69) is 0 Å². The Bertz CT molecular complexity index is 859. The van der Waals surface area contributed by atoms with Crippen LogP contribution in [0.4, 0.5) is 0 Å². The fourth-order valence-corrected chi connectivity index (χ4v) is 5.26. The number of fused-ring (bicyclic) bond motifs is 1. The number of phenolic OH excluding ortho intramolecular Hbond substituents is 1. The minimum absolute atomic E-state index is 0.0942. The number of aromatic hydroxyl groups is 1. The second-order valence-electron chi connectivity index (χ2n) is 8.13. The lowest BCUT2D eigenvalue weighted by Crippen LogP contribution is -2.59. The van der Waals surface area contributed by atoms with Crippen molar-refractivity contribution in [3.63, 3.8) is 0 Å². The van der Waals surface area contributed by atoms with Crippen molar-refractivity contribution in [2.45, 2.75) is 62.2 Å². The molecule has 3 unspecified atom stereocenters. The molecule has 3 aliphatic rings. The fourth-order valence-electron chi connectivity index (χ4n) is 5.26. The second-order valence-corrected chi connectivity index (χ2v) is 8.13. The summed E-state index contributed by atoms with van der Waals surface area (Å²) >= 11 is 0. The van der Waals surface area contributed by atoms with Gasteiger partial charge in [0, 0.05) is 15.6 Å². The normalized spacial score (nSPS) is 32.0. The zero-order chi connectivity index (χ0) is 23.8. The highest BCUT2D eigenvalue weighted by Gasteiger charge is 2.53. The Morgan fingerprint density at radius 2 is 1.86 bits per heavy atom. The minimum Gasteiger partial charge on any atom is -0.508 e. The van der Waals surface area contributed by atoms with Crippen LogP contribution >= 0.6 is 0 Å². The van der Waals surface area contributed by atoms with E-state index in [1.54, 1.807) is 11.0 Å². The van der Waals surface area contributed by atoms with Gasteiger partial charge in [0.25, 0.3) is 0 Å². The third-order valence-corrected chi connectivity index (χ3v) is 6.63. The first-order valence-electron chi connectivity index (χ1n) is 11.3. The molecule has 160 valence electrons. The van der Waals surface area contributed by atoms with Crippen molar-refractivity contribution >= 4 is 11.9 Å². The van der Waals surface area contributed by atoms with Crippen LogP contribution in [0, 0.1) is 5.92 Å². The average Bonchev–Trinajstić information content (AvgIpc) is 2.72. The summed E-state index contributed by atoms with van der Waals surface area (Å²) < 4.78 is 23.7. The molecule has 1 aromatic carbocycles. The van der Waals surface area contributed by atoms with Gasteiger partial charge in [-0.1, -0.05) is 18.9 Å². The van der Waals surface area contributed by atoms with Crippen LogP contribution in [-0.4, -0.2) is 74.1 Å². The van der Waals surface area contributed by atoms with Gasteiger partial charge in [0.2, 0.25) is 0 Å². The van der Waals surface area contributed by atoms with Gasteiger partial charge in [-0.15, -0.1) is 0 Å². The monoisotopic (exact) mass is 410 g/mol. The van der Waals surface area contributed by atoms with Crippen molar-refractivity contribution in [1.29, 1.82) is 0 Å². The Kier molecular flexibility index (Phi) is 5.06. The number of carboxylic acid groups (broad SMARTS) is 2. The van der Waals surface area contributed by atoms with Crippen molar-refractivity contribution in [3.8, 4) is 5.75 Å². The molecule has 8 nitrogen and oxygen atoms in total. The van der Waals surface area contributed by atoms with Gasteiger partial charge in [-0.2, -0.15) is 0 Å². The predicted molar refractivity (Wildman–Crippen MR) is 104 cm³/mol. The Morgan fingerprint density at radius 1 is 1.17 bits per heavy atom. The van der Waals surface area contributed by atoms with Gasteiger partial charge in [0.05, 0.1) is 0 Å². The van der Waals surface area contributed by atoms with E-state index >= 15 is 0 Å². The molecule has 8 heteroatoms. The molecule has 5 atom stereocenters. The molecule has 0 radical (unpaired) electrons. The van der Waals surface area contributed by atoms with E-state index in [9.17, 15) is 14.7 Å². The van der Waals surface area contributed by atoms with Crippen LogP contribution < -0.4 is 0 Å². The molecule has 5 N–H and O–H groups in total. The molecule has 2 fully saturated rings. The number of likely N-dealkylation sites (N-methyl/N-ethyl adjacent to an activating group) is 1. The number of hydrogen-bond donors (Lipinski definition) is 5. The summed E-state index contributed by atoms with van der Waals surface area (Å²) in [6.07, 6.45) is 1.85. The van der Waals surface area contributed by atoms with Crippen molar-refractivity contribution in [2.75, 3.05) is 13.5 Å². The van der Waals surface area contributed by atoms with Gasteiger partial charge in [0.1, 0.15) is 5.75 Å². The summed E-state index contributed by atoms with van der Waals surface area (Å²) in [4.78, 5) is 21.3. The Morgan fingerprint density at radius 3 is 2.48 bits per heavy atom. The molecule has 0 aromatic heterocycles. The van der Waals surface area contributed by atoms with Gasteiger partial charge in [0.15, 0.2) is 12.2 Å². The second kappa shape index (κ2) is 8.30. The number of aliphatic hydroxyl groups excluding tert-OH is 2. The van der Waals surface area contributed by atoms with Gasteiger partial charge >= 0.3 is 11.9 Å². The Labute approximate surface area is 173 Å². The van der Waals surface area contributed by atoms with E-state index < -0.39 is 31.1 Å². The lowest BCUT2D eigenvalue weighted by Gasteiger charge is -2.58. The third-order valence-electron chi connectivity index (χ3n) is 6.63. The van der Waals surface area contributed by atoms with E-state index in [1.807, 2.05) is 12.1 Å². The Hall–Kier alpha value is -2.16. The first-order chi connectivity index (χ1) is 14.9. The number of likely N-dealkylation sites (tertiary alicyclic amines) is 1. The van der Waals surface area contributed by atoms with Crippen molar-refractivity contribution in [3.05, 3.63) is 29.3 Å². The van der Waals surface area contributed by atoms with E-state index in [4.69, 9.17) is 24.5 Å². The number of carbonyl (C=O) groups is 2. The van der Waals surface area contributed by atoms with Crippen LogP contribution in [0.25, 0.3) is 0 Å². The van der Waals surface area contributed by atoms with E-state index in [1.165, 1.54) is 24.0 Å². The zero-order valence-corrected chi connectivity index (χ0v) is 16.0. The number of aliphatic hydroxyl groups is 2. The van der Waals surface area contributed by atoms with Crippen LogP contribution in [0.5, 0.6) is 5.75 Å². The molecular formula is C21H29NO7. The van der Waals surface area contributed by atoms with Crippen LogP contribution in [0.2, 0.25) is 0 Å². The molecule has 29 heavy (non-hydrogen) atoms. The van der Waals surface area contributed by atoms with Crippen LogP contribution in [-0.2, 0) is 21.4 Å². The summed E-state index contributed by atoms with van der Waals surface area (Å²) in [6.45, 7) is -1.35. The average molecular weight is 410 g/mol. The van der Waals surface area contributed by atoms with Crippen LogP contribution in [0.3, 0.4) is 0 Å². The number of nitrogens with zero attached hydrogens (tertiary/aromatic N) is 1. The van der Waals surface area contributed by atoms with Gasteiger partial charge in [-0.05, 0) is 68.4 Å². The van der Waals surface area contributed by atoms with Crippen molar-refractivity contribution in [1.82, 2.24) is 4.90 Å². The molecule has 1 aliphatic heterocycles.